The van der Waals surface area contributed by atoms with Crippen LogP contribution in [0.4, 0.5) is 0 Å². The van der Waals surface area contributed by atoms with E-state index in [1.54, 1.807) is 11.8 Å². The van der Waals surface area contributed by atoms with Crippen molar-refractivity contribution >= 4 is 11.8 Å². The van der Waals surface area contributed by atoms with Gasteiger partial charge in [0.1, 0.15) is 11.5 Å². The summed E-state index contributed by atoms with van der Waals surface area (Å²) < 4.78 is 5.70. The van der Waals surface area contributed by atoms with Crippen LogP contribution in [0.25, 0.3) is 0 Å². The van der Waals surface area contributed by atoms with E-state index in [-0.39, 0.29) is 0 Å². The third kappa shape index (κ3) is 5.56. The standard InChI is InChI=1S/C19H28N4OS/c1-15-4-5-18(24-15)14-23-8-6-16(7-9-23)12-22(2)13-17-10-20-19(25-3)21-11-17/h4-5,10-11,16H,6-9,12-14H2,1-3H3. The Balaban J connectivity index is 1.40. The Morgan fingerprint density at radius 3 is 2.56 bits per heavy atom. The van der Waals surface area contributed by atoms with Crippen molar-refractivity contribution in [2.24, 2.45) is 5.92 Å². The molecular weight excluding hydrogens is 332 g/mol. The smallest absolute Gasteiger partial charge is 0.187 e. The summed E-state index contributed by atoms with van der Waals surface area (Å²) in [5.74, 6) is 2.86. The average Bonchev–Trinajstić information content (AvgIpc) is 3.02. The molecule has 1 saturated heterocycles. The van der Waals surface area contributed by atoms with Gasteiger partial charge in [-0.2, -0.15) is 0 Å². The molecule has 0 amide bonds. The molecular formula is C19H28N4OS. The van der Waals surface area contributed by atoms with E-state index in [4.69, 9.17) is 4.42 Å². The SMILES string of the molecule is CSc1ncc(CN(C)CC2CCN(Cc3ccc(C)o3)CC2)cn1. The van der Waals surface area contributed by atoms with Gasteiger partial charge in [0.2, 0.25) is 0 Å². The van der Waals surface area contributed by atoms with E-state index in [0.29, 0.717) is 0 Å². The molecule has 1 aliphatic heterocycles. The number of nitrogens with zero attached hydrogens (tertiary/aromatic N) is 4. The zero-order chi connectivity index (χ0) is 17.6. The minimum atomic E-state index is 0.769. The molecule has 2 aromatic rings. The topological polar surface area (TPSA) is 45.4 Å². The molecule has 2 aromatic heterocycles. The van der Waals surface area contributed by atoms with Crippen LogP contribution < -0.4 is 0 Å². The highest BCUT2D eigenvalue weighted by atomic mass is 32.2. The first-order valence-electron chi connectivity index (χ1n) is 8.93. The van der Waals surface area contributed by atoms with Gasteiger partial charge in [0, 0.05) is 31.0 Å². The Labute approximate surface area is 154 Å². The largest absolute Gasteiger partial charge is 0.465 e. The molecule has 6 heteroatoms. The van der Waals surface area contributed by atoms with Crippen molar-refractivity contribution in [3.8, 4) is 0 Å². The molecule has 5 nitrogen and oxygen atoms in total. The lowest BCUT2D eigenvalue weighted by atomic mass is 9.96. The van der Waals surface area contributed by atoms with E-state index in [9.17, 15) is 0 Å². The zero-order valence-electron chi connectivity index (χ0n) is 15.4. The molecule has 0 bridgehead atoms. The van der Waals surface area contributed by atoms with Crippen molar-refractivity contribution in [2.75, 3.05) is 32.9 Å². The second-order valence-electron chi connectivity index (χ2n) is 7.01. The Hall–Kier alpha value is -1.37. The van der Waals surface area contributed by atoms with Gasteiger partial charge in [-0.05, 0) is 64.2 Å². The molecule has 0 unspecified atom stereocenters. The summed E-state index contributed by atoms with van der Waals surface area (Å²) in [6.45, 7) is 7.31. The number of thioether (sulfide) groups is 1. The number of hydrogen-bond acceptors (Lipinski definition) is 6. The Kier molecular flexibility index (Phi) is 6.51. The van der Waals surface area contributed by atoms with Crippen molar-refractivity contribution in [1.29, 1.82) is 0 Å². The maximum atomic E-state index is 5.70. The van der Waals surface area contributed by atoms with Crippen LogP contribution in [0.1, 0.15) is 29.9 Å². The molecule has 1 fully saturated rings. The molecule has 0 spiro atoms. The van der Waals surface area contributed by atoms with Crippen LogP contribution in [0.15, 0.2) is 34.1 Å². The van der Waals surface area contributed by atoms with Crippen LogP contribution in [0.2, 0.25) is 0 Å². The third-order valence-electron chi connectivity index (χ3n) is 4.77. The summed E-state index contributed by atoms with van der Waals surface area (Å²) in [4.78, 5) is 13.6. The number of hydrogen-bond donors (Lipinski definition) is 0. The summed E-state index contributed by atoms with van der Waals surface area (Å²) in [6.07, 6.45) is 8.41. The molecule has 0 saturated carbocycles. The summed E-state index contributed by atoms with van der Waals surface area (Å²) in [5.41, 5.74) is 1.19. The van der Waals surface area contributed by atoms with E-state index in [0.717, 1.165) is 55.3 Å². The molecule has 3 rings (SSSR count). The van der Waals surface area contributed by atoms with Gasteiger partial charge in [-0.25, -0.2) is 9.97 Å². The van der Waals surface area contributed by atoms with Gasteiger partial charge < -0.3 is 9.32 Å². The van der Waals surface area contributed by atoms with Gasteiger partial charge >= 0.3 is 0 Å². The predicted octanol–water partition coefficient (Wildman–Crippen LogP) is 3.44. The van der Waals surface area contributed by atoms with E-state index in [2.05, 4.69) is 32.9 Å². The highest BCUT2D eigenvalue weighted by Gasteiger charge is 2.21. The second-order valence-corrected chi connectivity index (χ2v) is 7.78. The number of furan rings is 1. The quantitative estimate of drug-likeness (QED) is 0.557. The van der Waals surface area contributed by atoms with Crippen LogP contribution in [-0.4, -0.2) is 52.7 Å². The first-order chi connectivity index (χ1) is 12.1. The first kappa shape index (κ1) is 18.4. The zero-order valence-corrected chi connectivity index (χ0v) is 16.3. The first-order valence-corrected chi connectivity index (χ1v) is 10.2. The molecule has 1 aliphatic rings. The lowest BCUT2D eigenvalue weighted by Gasteiger charge is -2.33. The molecule has 0 radical (unpaired) electrons. The van der Waals surface area contributed by atoms with Crippen LogP contribution in [-0.2, 0) is 13.1 Å². The number of aromatic nitrogens is 2. The Bertz CT molecular complexity index is 650. The van der Waals surface area contributed by atoms with Gasteiger partial charge in [0.25, 0.3) is 0 Å². The fourth-order valence-electron chi connectivity index (χ4n) is 3.46. The molecule has 25 heavy (non-hydrogen) atoms. The third-order valence-corrected chi connectivity index (χ3v) is 5.35. The molecule has 3 heterocycles. The maximum Gasteiger partial charge on any atom is 0.187 e. The second kappa shape index (κ2) is 8.83. The summed E-state index contributed by atoms with van der Waals surface area (Å²) >= 11 is 1.58. The average molecular weight is 361 g/mol. The van der Waals surface area contributed by atoms with Gasteiger partial charge in [-0.1, -0.05) is 11.8 Å². The molecule has 0 aromatic carbocycles. The minimum absolute atomic E-state index is 0.769. The number of rotatable bonds is 7. The van der Waals surface area contributed by atoms with Gasteiger partial charge in [0.05, 0.1) is 6.54 Å². The van der Waals surface area contributed by atoms with Gasteiger partial charge in [-0.15, -0.1) is 0 Å². The summed E-state index contributed by atoms with van der Waals surface area (Å²) in [5, 5.41) is 0.838. The lowest BCUT2D eigenvalue weighted by Crippen LogP contribution is -2.37. The Morgan fingerprint density at radius 1 is 1.24 bits per heavy atom. The highest BCUT2D eigenvalue weighted by Crippen LogP contribution is 2.21. The van der Waals surface area contributed by atoms with E-state index in [1.807, 2.05) is 31.6 Å². The highest BCUT2D eigenvalue weighted by molar-refractivity contribution is 7.98. The molecule has 136 valence electrons. The minimum Gasteiger partial charge on any atom is -0.465 e. The van der Waals surface area contributed by atoms with Crippen molar-refractivity contribution < 1.29 is 4.42 Å². The fourth-order valence-corrected chi connectivity index (χ4v) is 3.78. The number of piperidine rings is 1. The van der Waals surface area contributed by atoms with Crippen LogP contribution >= 0.6 is 11.8 Å². The van der Waals surface area contributed by atoms with Crippen LogP contribution in [0, 0.1) is 12.8 Å². The van der Waals surface area contributed by atoms with Gasteiger partial charge in [0.15, 0.2) is 5.16 Å². The summed E-state index contributed by atoms with van der Waals surface area (Å²) in [6, 6.07) is 4.14. The summed E-state index contributed by atoms with van der Waals surface area (Å²) in [7, 11) is 2.19. The van der Waals surface area contributed by atoms with Crippen molar-refractivity contribution in [3.05, 3.63) is 41.6 Å². The van der Waals surface area contributed by atoms with Crippen molar-refractivity contribution in [1.82, 2.24) is 19.8 Å². The normalized spacial score (nSPS) is 16.6. The van der Waals surface area contributed by atoms with Crippen LogP contribution in [0.5, 0.6) is 0 Å². The number of aryl methyl sites for hydroxylation is 1. The van der Waals surface area contributed by atoms with Gasteiger partial charge in [-0.3, -0.25) is 4.90 Å². The number of likely N-dealkylation sites (tertiary alicyclic amines) is 1. The molecule has 0 aliphatic carbocycles. The van der Waals surface area contributed by atoms with E-state index >= 15 is 0 Å². The monoisotopic (exact) mass is 360 g/mol. The molecule has 0 atom stereocenters. The Morgan fingerprint density at radius 2 is 1.96 bits per heavy atom. The van der Waals surface area contributed by atoms with E-state index in [1.165, 1.54) is 18.4 Å². The van der Waals surface area contributed by atoms with Crippen molar-refractivity contribution in [2.45, 2.75) is 38.0 Å². The molecule has 0 N–H and O–H groups in total. The van der Waals surface area contributed by atoms with Crippen LogP contribution in [0.3, 0.4) is 0 Å². The predicted molar refractivity (Wildman–Crippen MR) is 102 cm³/mol. The van der Waals surface area contributed by atoms with Crippen molar-refractivity contribution in [3.63, 3.8) is 0 Å². The van der Waals surface area contributed by atoms with E-state index < -0.39 is 0 Å². The maximum absolute atomic E-state index is 5.70. The lowest BCUT2D eigenvalue weighted by molar-refractivity contribution is 0.140. The fraction of sp³-hybridized carbons (Fsp3) is 0.579.